The van der Waals surface area contributed by atoms with Crippen molar-refractivity contribution in [2.24, 2.45) is 0 Å². The first-order valence-electron chi connectivity index (χ1n) is 20.1. The number of benzene rings is 4. The summed E-state index contributed by atoms with van der Waals surface area (Å²) in [4.78, 5) is 57.1. The van der Waals surface area contributed by atoms with Gasteiger partial charge in [0.05, 0.1) is 42.5 Å². The monoisotopic (exact) mass is 948 g/mol. The fourth-order valence-corrected chi connectivity index (χ4v) is 9.34. The highest BCUT2D eigenvalue weighted by Crippen LogP contribution is 2.40. The van der Waals surface area contributed by atoms with Crippen molar-refractivity contribution in [1.29, 1.82) is 0 Å². The van der Waals surface area contributed by atoms with Crippen molar-refractivity contribution in [3.8, 4) is 11.8 Å². The third-order valence-electron chi connectivity index (χ3n) is 11.1. The standard InChI is InChI=1S/C45H36Cl4N12O4/c1-50-16-24-15-35(56-45-54-18-29-41(58-45)65-22-61(43(29)63)39-33(48)7-4-8-34(39)49)30(27-10-12-52-37(24)27)20-59(2)19-25-14-26(13-23-9-11-51-36(23)25)55-44-53-17-28-40(57-44)64-21-60(42(28)62)38-31(46)5-3-6-32(38)47/h3-15,17-18,50-52H,16,19-22H2,1-2H3,(H,53,55,57)(H,54,56,58). The van der Waals surface area contributed by atoms with Crippen LogP contribution < -0.4 is 35.2 Å². The van der Waals surface area contributed by atoms with Crippen LogP contribution in [0, 0.1) is 0 Å². The summed E-state index contributed by atoms with van der Waals surface area (Å²) in [5.74, 6) is 0.0194. The number of hydrogen-bond donors (Lipinski definition) is 5. The predicted octanol–water partition coefficient (Wildman–Crippen LogP) is 9.67. The average molecular weight is 951 g/mol. The molecular formula is C45H36Cl4N12O4. The summed E-state index contributed by atoms with van der Waals surface area (Å²) in [7, 11) is 3.94. The summed E-state index contributed by atoms with van der Waals surface area (Å²) < 4.78 is 11.9. The van der Waals surface area contributed by atoms with Crippen molar-refractivity contribution in [3.05, 3.63) is 139 Å². The summed E-state index contributed by atoms with van der Waals surface area (Å²) >= 11 is 25.6. The second-order valence-electron chi connectivity index (χ2n) is 15.3. The van der Waals surface area contributed by atoms with Crippen molar-refractivity contribution in [1.82, 2.24) is 40.1 Å². The molecule has 0 spiro atoms. The van der Waals surface area contributed by atoms with Gasteiger partial charge in [-0.1, -0.05) is 58.5 Å². The molecule has 2 aliphatic heterocycles. The number of aromatic amines is 2. The maximum absolute atomic E-state index is 13.6. The third-order valence-corrected chi connectivity index (χ3v) is 12.3. The third kappa shape index (κ3) is 7.98. The quantitative estimate of drug-likeness (QED) is 0.0784. The molecule has 4 aromatic carbocycles. The Balaban J connectivity index is 0.902. The zero-order valence-electron chi connectivity index (χ0n) is 34.5. The molecule has 8 aromatic rings. The Hall–Kier alpha value is -6.66. The zero-order chi connectivity index (χ0) is 44.9. The Bertz CT molecular complexity index is 3160. The minimum absolute atomic E-state index is 0.127. The smallest absolute Gasteiger partial charge is 0.268 e. The van der Waals surface area contributed by atoms with E-state index in [4.69, 9.17) is 55.9 Å². The van der Waals surface area contributed by atoms with Gasteiger partial charge < -0.3 is 35.4 Å². The van der Waals surface area contributed by atoms with E-state index in [2.05, 4.69) is 62.9 Å². The molecule has 0 bridgehead atoms. The number of anilines is 6. The highest BCUT2D eigenvalue weighted by molar-refractivity contribution is 6.41. The number of para-hydroxylation sites is 2. The fraction of sp³-hybridized carbons (Fsp3) is 0.156. The number of rotatable bonds is 12. The van der Waals surface area contributed by atoms with Crippen LogP contribution in [0.15, 0.2) is 91.5 Å². The molecule has 5 N–H and O–H groups in total. The predicted molar refractivity (Wildman–Crippen MR) is 253 cm³/mol. The van der Waals surface area contributed by atoms with Crippen molar-refractivity contribution in [2.75, 3.05) is 48.0 Å². The van der Waals surface area contributed by atoms with E-state index in [1.165, 1.54) is 22.2 Å². The number of fused-ring (bicyclic) bond motifs is 4. The topological polar surface area (TPSA) is 182 Å². The lowest BCUT2D eigenvalue weighted by atomic mass is 10.0. The van der Waals surface area contributed by atoms with Crippen LogP contribution in [0.1, 0.15) is 37.4 Å². The summed E-state index contributed by atoms with van der Waals surface area (Å²) in [6.45, 7) is 1.39. The molecule has 20 heteroatoms. The Morgan fingerprint density at radius 2 is 1.28 bits per heavy atom. The highest BCUT2D eigenvalue weighted by Gasteiger charge is 2.33. The van der Waals surface area contributed by atoms with Crippen molar-refractivity contribution in [3.63, 3.8) is 0 Å². The molecule has 10 rings (SSSR count). The van der Waals surface area contributed by atoms with Gasteiger partial charge in [0.25, 0.3) is 11.8 Å². The molecule has 0 saturated carbocycles. The first kappa shape index (κ1) is 42.3. The van der Waals surface area contributed by atoms with E-state index < -0.39 is 0 Å². The summed E-state index contributed by atoms with van der Waals surface area (Å²) in [6, 6.07) is 20.2. The number of carbonyl (C=O) groups is 2. The van der Waals surface area contributed by atoms with Gasteiger partial charge in [-0.25, -0.2) is 9.97 Å². The Morgan fingerprint density at radius 1 is 0.708 bits per heavy atom. The maximum atomic E-state index is 13.6. The van der Waals surface area contributed by atoms with Gasteiger partial charge in [-0.15, -0.1) is 0 Å². The first-order valence-corrected chi connectivity index (χ1v) is 21.7. The molecule has 0 radical (unpaired) electrons. The molecule has 328 valence electrons. The van der Waals surface area contributed by atoms with Gasteiger partial charge in [0.15, 0.2) is 13.5 Å². The number of nitrogens with zero attached hydrogens (tertiary/aromatic N) is 7. The van der Waals surface area contributed by atoms with E-state index >= 15 is 0 Å². The minimum atomic E-state index is -0.385. The molecule has 65 heavy (non-hydrogen) atoms. The number of halogens is 4. The number of hydrogen-bond acceptors (Lipinski definition) is 12. The molecule has 2 aliphatic rings. The molecule has 0 aliphatic carbocycles. The second kappa shape index (κ2) is 17.4. The highest BCUT2D eigenvalue weighted by atomic mass is 35.5. The molecule has 16 nitrogen and oxygen atoms in total. The van der Waals surface area contributed by atoms with Gasteiger partial charge in [-0.2, -0.15) is 9.97 Å². The Morgan fingerprint density at radius 3 is 1.88 bits per heavy atom. The van der Waals surface area contributed by atoms with Gasteiger partial charge in [-0.3, -0.25) is 24.3 Å². The zero-order valence-corrected chi connectivity index (χ0v) is 37.5. The van der Waals surface area contributed by atoms with E-state index in [-0.39, 0.29) is 60.1 Å². The van der Waals surface area contributed by atoms with Gasteiger partial charge in [0.1, 0.15) is 11.1 Å². The molecule has 0 fully saturated rings. The van der Waals surface area contributed by atoms with Crippen LogP contribution in [0.25, 0.3) is 21.8 Å². The SMILES string of the molecule is CNCc1cc(Nc2ncc3c(n2)OCN(c2c(Cl)cccc2Cl)C3=O)c(CN(C)Cc2cc(Nc3ncc4c(n3)OCN(c3c(Cl)cccc3Cl)C4=O)cc3cc[nH]c23)c2cc[nH]c12. The van der Waals surface area contributed by atoms with Crippen LogP contribution in [0.2, 0.25) is 20.1 Å². The summed E-state index contributed by atoms with van der Waals surface area (Å²) in [5.41, 5.74) is 7.59. The summed E-state index contributed by atoms with van der Waals surface area (Å²) in [6.07, 6.45) is 6.69. The Kier molecular flexibility index (Phi) is 11.3. The van der Waals surface area contributed by atoms with Crippen molar-refractivity contribution in [2.45, 2.75) is 19.6 Å². The first-order chi connectivity index (χ1) is 31.5. The number of nitrogens with one attached hydrogen (secondary N) is 5. The van der Waals surface area contributed by atoms with Crippen LogP contribution in [0.5, 0.6) is 11.8 Å². The molecule has 0 unspecified atom stereocenters. The lowest BCUT2D eigenvalue weighted by Gasteiger charge is -2.29. The molecular weight excluding hydrogens is 914 g/mol. The number of carbonyl (C=O) groups excluding carboxylic acids is 2. The summed E-state index contributed by atoms with van der Waals surface area (Å²) in [5, 5.41) is 13.3. The second-order valence-corrected chi connectivity index (χ2v) is 17.0. The lowest BCUT2D eigenvalue weighted by Crippen LogP contribution is -2.39. The fourth-order valence-electron chi connectivity index (χ4n) is 8.14. The molecule has 6 heterocycles. The Labute approximate surface area is 390 Å². The lowest BCUT2D eigenvalue weighted by molar-refractivity contribution is 0.0924. The molecule has 4 aromatic heterocycles. The van der Waals surface area contributed by atoms with Crippen LogP contribution >= 0.6 is 46.4 Å². The average Bonchev–Trinajstić information content (AvgIpc) is 3.98. The van der Waals surface area contributed by atoms with Crippen LogP contribution in [0.4, 0.5) is 34.6 Å². The van der Waals surface area contributed by atoms with Crippen LogP contribution in [0.3, 0.4) is 0 Å². The molecule has 0 saturated heterocycles. The van der Waals surface area contributed by atoms with Crippen molar-refractivity contribution < 1.29 is 19.1 Å². The van der Waals surface area contributed by atoms with Gasteiger partial charge in [0, 0.05) is 66.6 Å². The number of H-pyrrole nitrogens is 2. The number of ether oxygens (including phenoxy) is 2. The molecule has 2 amide bonds. The van der Waals surface area contributed by atoms with Gasteiger partial charge >= 0.3 is 0 Å². The van der Waals surface area contributed by atoms with Crippen molar-refractivity contribution >= 4 is 115 Å². The van der Waals surface area contributed by atoms with E-state index in [0.717, 1.165) is 49.9 Å². The van der Waals surface area contributed by atoms with Gasteiger partial charge in [0.2, 0.25) is 23.7 Å². The normalized spacial score (nSPS) is 13.6. The van der Waals surface area contributed by atoms with Crippen LogP contribution in [-0.4, -0.2) is 74.2 Å². The maximum Gasteiger partial charge on any atom is 0.268 e. The largest absolute Gasteiger partial charge is 0.455 e. The van der Waals surface area contributed by atoms with Crippen LogP contribution in [-0.2, 0) is 19.6 Å². The molecule has 0 atom stereocenters. The minimum Gasteiger partial charge on any atom is -0.455 e. The van der Waals surface area contributed by atoms with E-state index in [0.29, 0.717) is 51.1 Å². The number of amides is 2. The van der Waals surface area contributed by atoms with E-state index in [9.17, 15) is 9.59 Å². The van der Waals surface area contributed by atoms with Gasteiger partial charge in [-0.05, 0) is 85.4 Å². The van der Waals surface area contributed by atoms with E-state index in [1.807, 2.05) is 44.7 Å². The number of aromatic nitrogens is 6. The van der Waals surface area contributed by atoms with E-state index in [1.54, 1.807) is 36.4 Å².